The summed E-state index contributed by atoms with van der Waals surface area (Å²) >= 11 is 0. The van der Waals surface area contributed by atoms with Gasteiger partial charge < -0.3 is 14.2 Å². The minimum atomic E-state index is -0.499. The summed E-state index contributed by atoms with van der Waals surface area (Å²) in [4.78, 5) is 14.8. The number of benzene rings is 1. The molecule has 0 saturated carbocycles. The number of fused-ring (bicyclic) bond motifs is 2. The third kappa shape index (κ3) is 3.01. The topological polar surface area (TPSA) is 55.6 Å². The summed E-state index contributed by atoms with van der Waals surface area (Å²) in [6.07, 6.45) is 3.35. The van der Waals surface area contributed by atoms with E-state index in [1.54, 1.807) is 0 Å². The maximum atomic E-state index is 12.9. The molecule has 28 heavy (non-hydrogen) atoms. The van der Waals surface area contributed by atoms with Crippen LogP contribution in [0, 0.1) is 5.92 Å². The van der Waals surface area contributed by atoms with Gasteiger partial charge in [0.15, 0.2) is 0 Å². The Balaban J connectivity index is 1.78. The van der Waals surface area contributed by atoms with Crippen molar-refractivity contribution in [2.24, 2.45) is 5.92 Å². The number of hydrogen-bond acceptors (Lipinski definition) is 4. The van der Waals surface area contributed by atoms with E-state index < -0.39 is 5.60 Å². The van der Waals surface area contributed by atoms with Crippen LogP contribution >= 0.6 is 0 Å². The van der Waals surface area contributed by atoms with E-state index in [1.165, 1.54) is 5.56 Å². The fourth-order valence-corrected chi connectivity index (χ4v) is 5.38. The van der Waals surface area contributed by atoms with Crippen LogP contribution in [0.5, 0.6) is 0 Å². The summed E-state index contributed by atoms with van der Waals surface area (Å²) in [5, 5.41) is 4.10. The molecule has 1 saturated heterocycles. The first-order valence-electron chi connectivity index (χ1n) is 10.1. The fourth-order valence-electron chi connectivity index (χ4n) is 5.38. The molecule has 0 unspecified atom stereocenters. The molecule has 5 nitrogen and oxygen atoms in total. The van der Waals surface area contributed by atoms with Gasteiger partial charge in [0.2, 0.25) is 0 Å². The zero-order valence-electron chi connectivity index (χ0n) is 17.5. The maximum absolute atomic E-state index is 12.9. The number of ether oxygens (including phenoxy) is 1. The number of carbonyl (C=O) groups is 1. The first kappa shape index (κ1) is 19.0. The SMILES string of the molecule is CC(C)(C)OC(=O)N1CC[C@H]2C(C)(C)c3oncc3C[C@]2(c2ccccc2)C1. The number of rotatable bonds is 1. The molecule has 1 amide bonds. The molecule has 2 aromatic rings. The lowest BCUT2D eigenvalue weighted by molar-refractivity contribution is -0.0117. The van der Waals surface area contributed by atoms with Gasteiger partial charge in [0.25, 0.3) is 0 Å². The van der Waals surface area contributed by atoms with E-state index in [-0.39, 0.29) is 16.9 Å². The van der Waals surface area contributed by atoms with Gasteiger partial charge in [-0.2, -0.15) is 0 Å². The molecule has 5 heteroatoms. The average molecular weight is 383 g/mol. The van der Waals surface area contributed by atoms with Crippen molar-refractivity contribution in [1.82, 2.24) is 10.1 Å². The zero-order chi connectivity index (χ0) is 20.2. The van der Waals surface area contributed by atoms with Crippen LogP contribution in [0.4, 0.5) is 4.79 Å². The third-order valence-electron chi connectivity index (χ3n) is 6.43. The number of amides is 1. The molecule has 1 aliphatic heterocycles. The minimum absolute atomic E-state index is 0.153. The summed E-state index contributed by atoms with van der Waals surface area (Å²) < 4.78 is 11.4. The predicted molar refractivity (Wildman–Crippen MR) is 107 cm³/mol. The van der Waals surface area contributed by atoms with Gasteiger partial charge >= 0.3 is 6.09 Å². The Labute approximate surface area is 167 Å². The molecule has 1 aromatic heterocycles. The maximum Gasteiger partial charge on any atom is 0.410 e. The van der Waals surface area contributed by atoms with Crippen molar-refractivity contribution in [2.75, 3.05) is 13.1 Å². The smallest absolute Gasteiger partial charge is 0.410 e. The molecular formula is C23H30N2O3. The van der Waals surface area contributed by atoms with Crippen molar-refractivity contribution < 1.29 is 14.1 Å². The lowest BCUT2D eigenvalue weighted by Gasteiger charge is -2.56. The first-order valence-corrected chi connectivity index (χ1v) is 10.1. The second-order valence-corrected chi connectivity index (χ2v) is 9.84. The van der Waals surface area contributed by atoms with Crippen LogP contribution in [-0.4, -0.2) is 34.8 Å². The summed E-state index contributed by atoms with van der Waals surface area (Å²) in [5.74, 6) is 1.34. The lowest BCUT2D eigenvalue weighted by atomic mass is 9.51. The van der Waals surface area contributed by atoms with Crippen molar-refractivity contribution in [3.8, 4) is 0 Å². The molecular weight excluding hydrogens is 352 g/mol. The molecule has 2 heterocycles. The number of likely N-dealkylation sites (tertiary alicyclic amines) is 1. The molecule has 2 atom stereocenters. The van der Waals surface area contributed by atoms with Crippen LogP contribution in [0.15, 0.2) is 41.1 Å². The second-order valence-electron chi connectivity index (χ2n) is 9.84. The zero-order valence-corrected chi connectivity index (χ0v) is 17.5. The molecule has 1 aromatic carbocycles. The largest absolute Gasteiger partial charge is 0.444 e. The Bertz CT molecular complexity index is 865. The van der Waals surface area contributed by atoms with Crippen molar-refractivity contribution in [3.05, 3.63) is 53.4 Å². The molecule has 2 aliphatic rings. The normalized spacial score (nSPS) is 26.3. The van der Waals surface area contributed by atoms with Gasteiger partial charge in [-0.1, -0.05) is 49.3 Å². The number of aromatic nitrogens is 1. The van der Waals surface area contributed by atoms with Gasteiger partial charge in [-0.3, -0.25) is 0 Å². The summed E-state index contributed by atoms with van der Waals surface area (Å²) in [6, 6.07) is 10.6. The van der Waals surface area contributed by atoms with E-state index in [9.17, 15) is 4.79 Å². The number of piperidine rings is 1. The summed E-state index contributed by atoms with van der Waals surface area (Å²) in [6.45, 7) is 11.6. The lowest BCUT2D eigenvalue weighted by Crippen LogP contribution is -2.61. The van der Waals surface area contributed by atoms with Gasteiger partial charge in [0, 0.05) is 29.5 Å². The van der Waals surface area contributed by atoms with Gasteiger partial charge in [0.1, 0.15) is 11.4 Å². The second kappa shape index (κ2) is 6.36. The van der Waals surface area contributed by atoms with Crippen molar-refractivity contribution in [2.45, 2.75) is 63.9 Å². The van der Waals surface area contributed by atoms with E-state index >= 15 is 0 Å². The Hall–Kier alpha value is -2.30. The van der Waals surface area contributed by atoms with E-state index in [4.69, 9.17) is 9.26 Å². The van der Waals surface area contributed by atoms with Gasteiger partial charge in [-0.25, -0.2) is 4.79 Å². The molecule has 4 rings (SSSR count). The van der Waals surface area contributed by atoms with Gasteiger partial charge in [0.05, 0.1) is 6.20 Å². The van der Waals surface area contributed by atoms with Crippen LogP contribution in [0.2, 0.25) is 0 Å². The molecule has 0 N–H and O–H groups in total. The molecule has 0 radical (unpaired) electrons. The molecule has 150 valence electrons. The van der Waals surface area contributed by atoms with E-state index in [0.29, 0.717) is 19.0 Å². The highest BCUT2D eigenvalue weighted by molar-refractivity contribution is 5.69. The molecule has 0 spiro atoms. The molecule has 0 bridgehead atoms. The molecule has 1 aliphatic carbocycles. The number of hydrogen-bond donors (Lipinski definition) is 0. The monoisotopic (exact) mass is 382 g/mol. The first-order chi connectivity index (χ1) is 13.1. The van der Waals surface area contributed by atoms with Crippen LogP contribution < -0.4 is 0 Å². The van der Waals surface area contributed by atoms with Crippen molar-refractivity contribution >= 4 is 6.09 Å². The Kier molecular flexibility index (Phi) is 4.32. The highest BCUT2D eigenvalue weighted by Crippen LogP contribution is 2.55. The predicted octanol–water partition coefficient (Wildman–Crippen LogP) is 4.70. The van der Waals surface area contributed by atoms with Crippen molar-refractivity contribution in [3.63, 3.8) is 0 Å². The highest BCUT2D eigenvalue weighted by atomic mass is 16.6. The number of carbonyl (C=O) groups excluding carboxylic acids is 1. The van der Waals surface area contributed by atoms with Crippen LogP contribution in [0.3, 0.4) is 0 Å². The quantitative estimate of drug-likeness (QED) is 0.717. The Morgan fingerprint density at radius 3 is 2.64 bits per heavy atom. The Morgan fingerprint density at radius 1 is 1.25 bits per heavy atom. The summed E-state index contributed by atoms with van der Waals surface area (Å²) in [5.41, 5.74) is 1.59. The average Bonchev–Trinajstić information content (AvgIpc) is 3.10. The number of nitrogens with zero attached hydrogens (tertiary/aromatic N) is 2. The molecule has 1 fully saturated rings. The van der Waals surface area contributed by atoms with Crippen LogP contribution in [-0.2, 0) is 22.0 Å². The van der Waals surface area contributed by atoms with Gasteiger partial charge in [-0.05, 0) is 45.1 Å². The van der Waals surface area contributed by atoms with E-state index in [1.807, 2.05) is 37.9 Å². The third-order valence-corrected chi connectivity index (χ3v) is 6.43. The van der Waals surface area contributed by atoms with Gasteiger partial charge in [-0.15, -0.1) is 0 Å². The van der Waals surface area contributed by atoms with Crippen LogP contribution in [0.1, 0.15) is 57.9 Å². The summed E-state index contributed by atoms with van der Waals surface area (Å²) in [7, 11) is 0. The Morgan fingerprint density at radius 2 is 1.96 bits per heavy atom. The minimum Gasteiger partial charge on any atom is -0.444 e. The van der Waals surface area contributed by atoms with Crippen molar-refractivity contribution in [1.29, 1.82) is 0 Å². The standard InChI is InChI=1S/C23H30N2O3/c1-21(2,3)27-20(26)25-12-11-18-22(4,5)19-16(14-24-28-19)13-23(18,15-25)17-9-7-6-8-10-17/h6-10,14,18H,11-13,15H2,1-5H3/t18-,23+/m0/s1. The van der Waals surface area contributed by atoms with E-state index in [0.717, 1.165) is 24.2 Å². The highest BCUT2D eigenvalue weighted by Gasteiger charge is 2.57. The fraction of sp³-hybridized carbons (Fsp3) is 0.565. The van der Waals surface area contributed by atoms with E-state index in [2.05, 4.69) is 43.3 Å². The van der Waals surface area contributed by atoms with Crippen LogP contribution in [0.25, 0.3) is 0 Å².